The largest absolute Gasteiger partial charge is 0.435 e. The molecule has 0 amide bonds. The summed E-state index contributed by atoms with van der Waals surface area (Å²) < 4.78 is 30.3. The minimum absolute atomic E-state index is 0.0362. The minimum atomic E-state index is -2.91. The monoisotopic (exact) mass is 295 g/mol. The number of alkyl halides is 2. The number of rotatable bonds is 7. The number of halogens is 2. The third kappa shape index (κ3) is 4.08. The molecule has 1 heterocycles. The highest BCUT2D eigenvalue weighted by Crippen LogP contribution is 2.17. The average Bonchev–Trinajstić information content (AvgIpc) is 2.86. The van der Waals surface area contributed by atoms with Crippen molar-refractivity contribution in [2.45, 2.75) is 32.9 Å². The Morgan fingerprint density at radius 2 is 2.24 bits per heavy atom. The summed E-state index contributed by atoms with van der Waals surface area (Å²) in [6.07, 6.45) is 2.34. The zero-order valence-corrected chi connectivity index (χ0v) is 11.5. The highest BCUT2D eigenvalue weighted by atomic mass is 19.3. The lowest BCUT2D eigenvalue weighted by molar-refractivity contribution is -0.0498. The zero-order chi connectivity index (χ0) is 15.2. The number of aromatic nitrogens is 3. The molecule has 0 N–H and O–H groups in total. The van der Waals surface area contributed by atoms with Crippen LogP contribution >= 0.6 is 0 Å². The molecule has 0 aliphatic rings. The summed E-state index contributed by atoms with van der Waals surface area (Å²) in [6.45, 7) is -0.238. The van der Waals surface area contributed by atoms with E-state index in [0.717, 1.165) is 6.42 Å². The molecular formula is C14H15F2N3O2. The van der Waals surface area contributed by atoms with Crippen molar-refractivity contribution in [3.8, 4) is 5.75 Å². The predicted octanol–water partition coefficient (Wildman–Crippen LogP) is 2.71. The SMILES string of the molecule is CCCn1ncnc1CC(=O)c1cccc(OC(F)F)c1. The molecule has 7 heteroatoms. The van der Waals surface area contributed by atoms with E-state index in [-0.39, 0.29) is 18.0 Å². The molecule has 0 bridgehead atoms. The maximum Gasteiger partial charge on any atom is 0.387 e. The number of nitrogens with zero attached hydrogens (tertiary/aromatic N) is 3. The Labute approximate surface area is 120 Å². The molecule has 0 radical (unpaired) electrons. The minimum Gasteiger partial charge on any atom is -0.435 e. The standard InChI is InChI=1S/C14H15F2N3O2/c1-2-6-19-13(17-9-18-19)8-12(20)10-4-3-5-11(7-10)21-14(15)16/h3-5,7,9,14H,2,6,8H2,1H3. The van der Waals surface area contributed by atoms with Crippen LogP contribution in [-0.2, 0) is 13.0 Å². The number of carbonyl (C=O) groups excluding carboxylic acids is 1. The van der Waals surface area contributed by atoms with Gasteiger partial charge in [0.05, 0.1) is 6.42 Å². The fourth-order valence-corrected chi connectivity index (χ4v) is 1.91. The fourth-order valence-electron chi connectivity index (χ4n) is 1.91. The first-order valence-corrected chi connectivity index (χ1v) is 6.55. The van der Waals surface area contributed by atoms with Crippen LogP contribution in [0.1, 0.15) is 29.5 Å². The first kappa shape index (κ1) is 15.1. The van der Waals surface area contributed by atoms with Gasteiger partial charge in [0.2, 0.25) is 0 Å². The summed E-state index contributed by atoms with van der Waals surface area (Å²) in [5.41, 5.74) is 0.305. The van der Waals surface area contributed by atoms with Gasteiger partial charge in [-0.25, -0.2) is 9.67 Å². The molecule has 5 nitrogen and oxygen atoms in total. The third-order valence-corrected chi connectivity index (χ3v) is 2.83. The van der Waals surface area contributed by atoms with Crippen molar-refractivity contribution in [3.05, 3.63) is 42.0 Å². The second-order valence-electron chi connectivity index (χ2n) is 4.41. The summed E-state index contributed by atoms with van der Waals surface area (Å²) >= 11 is 0. The van der Waals surface area contributed by atoms with Crippen LogP contribution in [0.25, 0.3) is 0 Å². The fraction of sp³-hybridized carbons (Fsp3) is 0.357. The number of ether oxygens (including phenoxy) is 1. The van der Waals surface area contributed by atoms with Crippen molar-refractivity contribution >= 4 is 5.78 Å². The average molecular weight is 295 g/mol. The molecule has 0 unspecified atom stereocenters. The van der Waals surface area contributed by atoms with Gasteiger partial charge in [0.15, 0.2) is 5.78 Å². The molecule has 0 spiro atoms. The van der Waals surface area contributed by atoms with Crippen molar-refractivity contribution < 1.29 is 18.3 Å². The number of aryl methyl sites for hydroxylation is 1. The Morgan fingerprint density at radius 1 is 1.43 bits per heavy atom. The van der Waals surface area contributed by atoms with Gasteiger partial charge in [0, 0.05) is 12.1 Å². The molecule has 2 rings (SSSR count). The molecule has 21 heavy (non-hydrogen) atoms. The molecular weight excluding hydrogens is 280 g/mol. The Kier molecular flexibility index (Phi) is 4.97. The van der Waals surface area contributed by atoms with Gasteiger partial charge in [-0.05, 0) is 18.6 Å². The smallest absolute Gasteiger partial charge is 0.387 e. The van der Waals surface area contributed by atoms with E-state index in [1.807, 2.05) is 6.92 Å². The Bertz CT molecular complexity index is 614. The lowest BCUT2D eigenvalue weighted by Gasteiger charge is -2.07. The van der Waals surface area contributed by atoms with Crippen molar-refractivity contribution in [1.82, 2.24) is 14.8 Å². The van der Waals surface area contributed by atoms with Gasteiger partial charge in [-0.2, -0.15) is 13.9 Å². The number of Topliss-reactive ketones (excluding diaryl/α,β-unsaturated/α-hetero) is 1. The molecule has 0 saturated carbocycles. The molecule has 0 saturated heterocycles. The van der Waals surface area contributed by atoms with Gasteiger partial charge in [-0.1, -0.05) is 19.1 Å². The highest BCUT2D eigenvalue weighted by molar-refractivity contribution is 5.97. The Hall–Kier alpha value is -2.31. The third-order valence-electron chi connectivity index (χ3n) is 2.83. The molecule has 112 valence electrons. The van der Waals surface area contributed by atoms with Gasteiger partial charge in [-0.15, -0.1) is 0 Å². The van der Waals surface area contributed by atoms with Crippen LogP contribution in [0, 0.1) is 0 Å². The van der Waals surface area contributed by atoms with Gasteiger partial charge in [-0.3, -0.25) is 4.79 Å². The van der Waals surface area contributed by atoms with Crippen molar-refractivity contribution in [2.24, 2.45) is 0 Å². The van der Waals surface area contributed by atoms with E-state index in [0.29, 0.717) is 17.9 Å². The van der Waals surface area contributed by atoms with Gasteiger partial charge < -0.3 is 4.74 Å². The summed E-state index contributed by atoms with van der Waals surface area (Å²) in [5.74, 6) is 0.299. The Balaban J connectivity index is 2.11. The molecule has 1 aromatic heterocycles. The summed E-state index contributed by atoms with van der Waals surface area (Å²) in [7, 11) is 0. The van der Waals surface area contributed by atoms with Crippen molar-refractivity contribution in [3.63, 3.8) is 0 Å². The van der Waals surface area contributed by atoms with E-state index in [1.165, 1.54) is 24.5 Å². The van der Waals surface area contributed by atoms with Crippen molar-refractivity contribution in [2.75, 3.05) is 0 Å². The first-order valence-electron chi connectivity index (χ1n) is 6.55. The number of hydrogen-bond donors (Lipinski definition) is 0. The Morgan fingerprint density at radius 3 is 2.95 bits per heavy atom. The zero-order valence-electron chi connectivity index (χ0n) is 11.5. The molecule has 2 aromatic rings. The molecule has 0 fully saturated rings. The van der Waals surface area contributed by atoms with Crippen LogP contribution in [-0.4, -0.2) is 27.2 Å². The van der Waals surface area contributed by atoms with Crippen LogP contribution in [0.3, 0.4) is 0 Å². The van der Waals surface area contributed by atoms with E-state index in [2.05, 4.69) is 14.8 Å². The van der Waals surface area contributed by atoms with E-state index in [9.17, 15) is 13.6 Å². The van der Waals surface area contributed by atoms with Crippen LogP contribution in [0.5, 0.6) is 5.75 Å². The van der Waals surface area contributed by atoms with E-state index in [4.69, 9.17) is 0 Å². The number of benzene rings is 1. The van der Waals surface area contributed by atoms with Crippen LogP contribution < -0.4 is 4.74 Å². The normalized spacial score (nSPS) is 10.9. The highest BCUT2D eigenvalue weighted by Gasteiger charge is 2.13. The maximum absolute atomic E-state index is 12.2. The predicted molar refractivity (Wildman–Crippen MR) is 71.4 cm³/mol. The van der Waals surface area contributed by atoms with Gasteiger partial charge in [0.1, 0.15) is 17.9 Å². The molecule has 1 aromatic carbocycles. The van der Waals surface area contributed by atoms with E-state index in [1.54, 1.807) is 10.7 Å². The summed E-state index contributed by atoms with van der Waals surface area (Å²) in [4.78, 5) is 16.2. The first-order chi connectivity index (χ1) is 10.1. The van der Waals surface area contributed by atoms with Crippen LogP contribution in [0.2, 0.25) is 0 Å². The molecule has 0 aliphatic carbocycles. The number of carbonyl (C=O) groups is 1. The summed E-state index contributed by atoms with van der Waals surface area (Å²) in [6, 6.07) is 5.74. The van der Waals surface area contributed by atoms with Gasteiger partial charge >= 0.3 is 6.61 Å². The lowest BCUT2D eigenvalue weighted by atomic mass is 10.1. The lowest BCUT2D eigenvalue weighted by Crippen LogP contribution is -2.12. The maximum atomic E-state index is 12.2. The second kappa shape index (κ2) is 6.92. The molecule has 0 atom stereocenters. The topological polar surface area (TPSA) is 57.0 Å². The summed E-state index contributed by atoms with van der Waals surface area (Å²) in [5, 5.41) is 4.04. The van der Waals surface area contributed by atoms with Crippen molar-refractivity contribution in [1.29, 1.82) is 0 Å². The molecule has 0 aliphatic heterocycles. The quantitative estimate of drug-likeness (QED) is 0.737. The number of ketones is 1. The van der Waals surface area contributed by atoms with Crippen LogP contribution in [0.4, 0.5) is 8.78 Å². The van der Waals surface area contributed by atoms with E-state index >= 15 is 0 Å². The second-order valence-corrected chi connectivity index (χ2v) is 4.41. The van der Waals surface area contributed by atoms with Crippen LogP contribution in [0.15, 0.2) is 30.6 Å². The van der Waals surface area contributed by atoms with E-state index < -0.39 is 6.61 Å². The van der Waals surface area contributed by atoms with Gasteiger partial charge in [0.25, 0.3) is 0 Å². The number of hydrogen-bond acceptors (Lipinski definition) is 4.